The predicted molar refractivity (Wildman–Crippen MR) is 70.0 cm³/mol. The minimum atomic E-state index is -2.81. The van der Waals surface area contributed by atoms with Crippen LogP contribution in [0.15, 0.2) is 24.3 Å². The number of nitrogens with one attached hydrogen (secondary N) is 1. The van der Waals surface area contributed by atoms with Crippen LogP contribution in [-0.2, 0) is 9.84 Å². The molecule has 0 saturated carbocycles. The second-order valence-electron chi connectivity index (χ2n) is 4.43. The molecule has 1 aliphatic rings. The van der Waals surface area contributed by atoms with Crippen molar-refractivity contribution < 1.29 is 12.8 Å². The molecule has 6 heteroatoms. The van der Waals surface area contributed by atoms with Gasteiger partial charge in [0.15, 0.2) is 9.84 Å². The Kier molecular flexibility index (Phi) is 4.19. The lowest BCUT2D eigenvalue weighted by Crippen LogP contribution is -2.42. The number of benzene rings is 1. The van der Waals surface area contributed by atoms with Gasteiger partial charge in [-0.1, -0.05) is 6.07 Å². The molecule has 1 saturated heterocycles. The van der Waals surface area contributed by atoms with Crippen LogP contribution in [0.25, 0.3) is 0 Å². The van der Waals surface area contributed by atoms with Crippen molar-refractivity contribution >= 4 is 15.5 Å². The van der Waals surface area contributed by atoms with Gasteiger partial charge in [0.25, 0.3) is 0 Å². The summed E-state index contributed by atoms with van der Waals surface area (Å²) in [6.07, 6.45) is 0. The number of sulfone groups is 1. The van der Waals surface area contributed by atoms with Crippen LogP contribution in [0.4, 0.5) is 10.1 Å². The molecule has 0 aliphatic carbocycles. The third kappa shape index (κ3) is 3.96. The number of hydrogen-bond acceptors (Lipinski definition) is 4. The molecule has 2 rings (SSSR count). The monoisotopic (exact) mass is 272 g/mol. The lowest BCUT2D eigenvalue weighted by Gasteiger charge is -2.26. The molecule has 1 N–H and O–H groups in total. The van der Waals surface area contributed by atoms with Gasteiger partial charge in [0.2, 0.25) is 0 Å². The molecule has 4 nitrogen and oxygen atoms in total. The van der Waals surface area contributed by atoms with E-state index in [1.165, 1.54) is 12.1 Å². The summed E-state index contributed by atoms with van der Waals surface area (Å²) in [6.45, 7) is 2.63. The Labute approximate surface area is 107 Å². The van der Waals surface area contributed by atoms with Crippen LogP contribution < -0.4 is 5.32 Å². The average molecular weight is 272 g/mol. The van der Waals surface area contributed by atoms with Gasteiger partial charge >= 0.3 is 0 Å². The topological polar surface area (TPSA) is 49.4 Å². The summed E-state index contributed by atoms with van der Waals surface area (Å²) in [4.78, 5) is 2.10. The molecular formula is C12H17FN2O2S. The highest BCUT2D eigenvalue weighted by Gasteiger charge is 2.20. The SMILES string of the molecule is O=S1(=O)CCN(CCNc2cccc(F)c2)CC1. The van der Waals surface area contributed by atoms with E-state index in [1.807, 2.05) is 6.07 Å². The van der Waals surface area contributed by atoms with E-state index in [9.17, 15) is 12.8 Å². The summed E-state index contributed by atoms with van der Waals surface area (Å²) in [6, 6.07) is 6.32. The summed E-state index contributed by atoms with van der Waals surface area (Å²) in [5, 5.41) is 3.12. The molecular weight excluding hydrogens is 255 g/mol. The quantitative estimate of drug-likeness (QED) is 0.887. The van der Waals surface area contributed by atoms with Crippen LogP contribution >= 0.6 is 0 Å². The minimum Gasteiger partial charge on any atom is -0.384 e. The summed E-state index contributed by atoms with van der Waals surface area (Å²) >= 11 is 0. The van der Waals surface area contributed by atoms with Crippen molar-refractivity contribution in [2.75, 3.05) is 43.0 Å². The summed E-state index contributed by atoms with van der Waals surface area (Å²) in [5.74, 6) is 0.226. The maximum atomic E-state index is 12.9. The Morgan fingerprint density at radius 2 is 2.00 bits per heavy atom. The van der Waals surface area contributed by atoms with E-state index in [0.29, 0.717) is 19.6 Å². The summed E-state index contributed by atoms with van der Waals surface area (Å²) in [7, 11) is -2.81. The number of anilines is 1. The molecule has 1 heterocycles. The van der Waals surface area contributed by atoms with E-state index in [-0.39, 0.29) is 17.3 Å². The lowest BCUT2D eigenvalue weighted by atomic mass is 10.3. The second-order valence-corrected chi connectivity index (χ2v) is 6.73. The first-order chi connectivity index (χ1) is 8.55. The van der Waals surface area contributed by atoms with Crippen molar-refractivity contribution in [3.63, 3.8) is 0 Å². The fourth-order valence-electron chi connectivity index (χ4n) is 1.93. The fraction of sp³-hybridized carbons (Fsp3) is 0.500. The van der Waals surface area contributed by atoms with Gasteiger partial charge < -0.3 is 5.32 Å². The van der Waals surface area contributed by atoms with Crippen molar-refractivity contribution in [1.29, 1.82) is 0 Å². The van der Waals surface area contributed by atoms with Gasteiger partial charge in [-0.3, -0.25) is 4.90 Å². The zero-order valence-electron chi connectivity index (χ0n) is 10.1. The second kappa shape index (κ2) is 5.67. The molecule has 1 aromatic carbocycles. The highest BCUT2D eigenvalue weighted by Crippen LogP contribution is 2.09. The molecule has 0 aromatic heterocycles. The highest BCUT2D eigenvalue weighted by molar-refractivity contribution is 7.91. The molecule has 18 heavy (non-hydrogen) atoms. The molecule has 0 atom stereocenters. The Bertz CT molecular complexity index is 491. The van der Waals surface area contributed by atoms with Crippen LogP contribution in [0.1, 0.15) is 0 Å². The van der Waals surface area contributed by atoms with Gasteiger partial charge in [0.05, 0.1) is 11.5 Å². The van der Waals surface area contributed by atoms with Crippen LogP contribution in [-0.4, -0.2) is 51.0 Å². The van der Waals surface area contributed by atoms with E-state index in [2.05, 4.69) is 10.2 Å². The fourth-order valence-corrected chi connectivity index (χ4v) is 3.21. The molecule has 1 fully saturated rings. The van der Waals surface area contributed by atoms with Gasteiger partial charge in [0.1, 0.15) is 5.82 Å². The largest absolute Gasteiger partial charge is 0.384 e. The summed E-state index contributed by atoms with van der Waals surface area (Å²) < 4.78 is 35.4. The Morgan fingerprint density at radius 1 is 1.28 bits per heavy atom. The summed E-state index contributed by atoms with van der Waals surface area (Å²) in [5.41, 5.74) is 0.750. The maximum absolute atomic E-state index is 12.9. The smallest absolute Gasteiger partial charge is 0.152 e. The van der Waals surface area contributed by atoms with Crippen LogP contribution in [0.5, 0.6) is 0 Å². The predicted octanol–water partition coefficient (Wildman–Crippen LogP) is 0.968. The zero-order chi connectivity index (χ0) is 13.0. The first-order valence-electron chi connectivity index (χ1n) is 5.97. The number of halogens is 1. The minimum absolute atomic E-state index is 0.243. The van der Waals surface area contributed by atoms with Crippen molar-refractivity contribution in [1.82, 2.24) is 4.90 Å². The Balaban J connectivity index is 1.73. The van der Waals surface area contributed by atoms with Gasteiger partial charge in [-0.15, -0.1) is 0 Å². The molecule has 0 radical (unpaired) electrons. The molecule has 1 aromatic rings. The maximum Gasteiger partial charge on any atom is 0.152 e. The Morgan fingerprint density at radius 3 is 2.67 bits per heavy atom. The molecule has 0 spiro atoms. The van der Waals surface area contributed by atoms with E-state index in [4.69, 9.17) is 0 Å². The Hall–Kier alpha value is -1.14. The molecule has 0 amide bonds. The van der Waals surface area contributed by atoms with Gasteiger partial charge in [-0.25, -0.2) is 12.8 Å². The molecule has 0 bridgehead atoms. The highest BCUT2D eigenvalue weighted by atomic mass is 32.2. The lowest BCUT2D eigenvalue weighted by molar-refractivity contribution is 0.307. The molecule has 100 valence electrons. The van der Waals surface area contributed by atoms with Crippen molar-refractivity contribution in [2.24, 2.45) is 0 Å². The number of nitrogens with zero attached hydrogens (tertiary/aromatic N) is 1. The van der Waals surface area contributed by atoms with Crippen LogP contribution in [0, 0.1) is 5.82 Å². The van der Waals surface area contributed by atoms with Crippen molar-refractivity contribution in [2.45, 2.75) is 0 Å². The third-order valence-electron chi connectivity index (χ3n) is 3.02. The van der Waals surface area contributed by atoms with Crippen molar-refractivity contribution in [3.05, 3.63) is 30.1 Å². The third-order valence-corrected chi connectivity index (χ3v) is 4.63. The normalized spacial score (nSPS) is 19.6. The van der Waals surface area contributed by atoms with Gasteiger partial charge in [-0.05, 0) is 18.2 Å². The number of rotatable bonds is 4. The number of hydrogen-bond donors (Lipinski definition) is 1. The average Bonchev–Trinajstić information content (AvgIpc) is 2.31. The molecule has 1 aliphatic heterocycles. The zero-order valence-corrected chi connectivity index (χ0v) is 10.9. The van der Waals surface area contributed by atoms with Crippen LogP contribution in [0.3, 0.4) is 0 Å². The standard InChI is InChI=1S/C12H17FN2O2S/c13-11-2-1-3-12(10-11)14-4-5-15-6-8-18(16,17)9-7-15/h1-3,10,14H,4-9H2. The van der Waals surface area contributed by atoms with E-state index in [1.54, 1.807) is 6.07 Å². The van der Waals surface area contributed by atoms with Gasteiger partial charge in [0, 0.05) is 31.9 Å². The van der Waals surface area contributed by atoms with Gasteiger partial charge in [-0.2, -0.15) is 0 Å². The van der Waals surface area contributed by atoms with E-state index >= 15 is 0 Å². The van der Waals surface area contributed by atoms with Crippen LogP contribution in [0.2, 0.25) is 0 Å². The molecule has 0 unspecified atom stereocenters. The first kappa shape index (κ1) is 13.3. The first-order valence-corrected chi connectivity index (χ1v) is 7.79. The van der Waals surface area contributed by atoms with Crippen molar-refractivity contribution in [3.8, 4) is 0 Å². The van der Waals surface area contributed by atoms with E-state index < -0.39 is 9.84 Å². The van der Waals surface area contributed by atoms with E-state index in [0.717, 1.165) is 12.2 Å².